The van der Waals surface area contributed by atoms with Crippen LogP contribution in [0, 0.1) is 0 Å². The van der Waals surface area contributed by atoms with Crippen LogP contribution in [0.2, 0.25) is 0 Å². The highest BCUT2D eigenvalue weighted by Gasteiger charge is 2.32. The molecule has 6 nitrogen and oxygen atoms in total. The molecule has 0 aliphatic carbocycles. The summed E-state index contributed by atoms with van der Waals surface area (Å²) in [7, 11) is 0. The number of pyridine rings is 2. The Morgan fingerprint density at radius 3 is 2.43 bits per heavy atom. The molecule has 0 unspecified atom stereocenters. The molecule has 1 aliphatic heterocycles. The van der Waals surface area contributed by atoms with Crippen LogP contribution in [0.25, 0.3) is 11.2 Å². The van der Waals surface area contributed by atoms with Crippen molar-refractivity contribution in [1.82, 2.24) is 24.8 Å². The van der Waals surface area contributed by atoms with Crippen molar-refractivity contribution in [2.75, 3.05) is 13.1 Å². The molecular weight excluding hydrogens is 395 g/mol. The minimum atomic E-state index is -4.50. The predicted octanol–water partition coefficient (Wildman–Crippen LogP) is 3.75. The van der Waals surface area contributed by atoms with Crippen LogP contribution < -0.4 is 10.9 Å². The van der Waals surface area contributed by atoms with Gasteiger partial charge in [0, 0.05) is 24.2 Å². The number of aromatic nitrogens is 4. The van der Waals surface area contributed by atoms with Crippen molar-refractivity contribution < 1.29 is 13.2 Å². The topological polar surface area (TPSA) is 72.7 Å². The third kappa shape index (κ3) is 4.67. The van der Waals surface area contributed by atoms with Gasteiger partial charge in [0.15, 0.2) is 5.65 Å². The van der Waals surface area contributed by atoms with Crippen molar-refractivity contribution in [1.29, 1.82) is 0 Å². The van der Waals surface area contributed by atoms with Crippen LogP contribution in [0.5, 0.6) is 0 Å². The van der Waals surface area contributed by atoms with Gasteiger partial charge in [-0.1, -0.05) is 19.9 Å². The van der Waals surface area contributed by atoms with Gasteiger partial charge in [0.2, 0.25) is 0 Å². The maximum atomic E-state index is 13.2. The zero-order chi connectivity index (χ0) is 21.7. The van der Waals surface area contributed by atoms with Crippen molar-refractivity contribution >= 4 is 11.2 Å². The van der Waals surface area contributed by atoms with Gasteiger partial charge in [-0.15, -0.1) is 0 Å². The number of rotatable bonds is 3. The lowest BCUT2D eigenvalue weighted by Gasteiger charge is -2.23. The molecule has 1 fully saturated rings. The molecule has 30 heavy (non-hydrogen) atoms. The Morgan fingerprint density at radius 1 is 1.10 bits per heavy atom. The summed E-state index contributed by atoms with van der Waals surface area (Å²) in [5.41, 5.74) is 1.02. The van der Waals surface area contributed by atoms with Gasteiger partial charge in [0.25, 0.3) is 5.56 Å². The first-order valence-electron chi connectivity index (χ1n) is 10.0. The Balaban J connectivity index is 0.00000124. The van der Waals surface area contributed by atoms with Crippen LogP contribution in [-0.2, 0) is 12.7 Å². The molecule has 0 radical (unpaired) electrons. The normalized spacial score (nSPS) is 15.0. The molecule has 0 bridgehead atoms. The van der Waals surface area contributed by atoms with Crippen molar-refractivity contribution in [3.05, 3.63) is 64.0 Å². The van der Waals surface area contributed by atoms with Crippen LogP contribution in [-0.4, -0.2) is 32.6 Å². The largest absolute Gasteiger partial charge is 0.433 e. The van der Waals surface area contributed by atoms with Gasteiger partial charge in [0.05, 0.1) is 6.54 Å². The third-order valence-electron chi connectivity index (χ3n) is 4.98. The van der Waals surface area contributed by atoms with Crippen molar-refractivity contribution in [2.45, 2.75) is 45.3 Å². The van der Waals surface area contributed by atoms with E-state index < -0.39 is 11.9 Å². The quantitative estimate of drug-likeness (QED) is 0.700. The third-order valence-corrected chi connectivity index (χ3v) is 4.98. The molecular formula is C21H24F3N5O. The lowest BCUT2D eigenvalue weighted by Crippen LogP contribution is -2.32. The molecule has 3 aromatic rings. The van der Waals surface area contributed by atoms with E-state index in [2.05, 4.69) is 20.3 Å². The van der Waals surface area contributed by atoms with E-state index in [9.17, 15) is 18.0 Å². The summed E-state index contributed by atoms with van der Waals surface area (Å²) < 4.78 is 39.7. The number of fused-ring (bicyclic) bond motifs is 1. The molecule has 1 saturated heterocycles. The average molecular weight is 419 g/mol. The zero-order valence-electron chi connectivity index (χ0n) is 16.9. The molecule has 1 aliphatic rings. The van der Waals surface area contributed by atoms with Crippen LogP contribution >= 0.6 is 0 Å². The molecule has 3 aromatic heterocycles. The van der Waals surface area contributed by atoms with E-state index in [1.807, 2.05) is 13.8 Å². The van der Waals surface area contributed by atoms with Gasteiger partial charge in [-0.25, -0.2) is 4.98 Å². The minimum absolute atomic E-state index is 0.0813. The molecule has 4 heterocycles. The fourth-order valence-corrected chi connectivity index (χ4v) is 3.55. The maximum Gasteiger partial charge on any atom is 0.433 e. The van der Waals surface area contributed by atoms with Gasteiger partial charge in [-0.2, -0.15) is 13.2 Å². The Kier molecular flexibility index (Phi) is 6.81. The van der Waals surface area contributed by atoms with E-state index in [1.54, 1.807) is 12.3 Å². The Labute approximate surface area is 172 Å². The van der Waals surface area contributed by atoms with Gasteiger partial charge in [-0.05, 0) is 49.5 Å². The Morgan fingerprint density at radius 2 is 1.80 bits per heavy atom. The molecule has 0 amide bonds. The summed E-state index contributed by atoms with van der Waals surface area (Å²) in [6, 6.07) is 4.05. The summed E-state index contributed by atoms with van der Waals surface area (Å²) in [5.74, 6) is 0.122. The van der Waals surface area contributed by atoms with Crippen LogP contribution in [0.3, 0.4) is 0 Å². The van der Waals surface area contributed by atoms with E-state index in [4.69, 9.17) is 0 Å². The number of piperidine rings is 1. The summed E-state index contributed by atoms with van der Waals surface area (Å²) in [6.07, 6.45) is 1.40. The van der Waals surface area contributed by atoms with Crippen molar-refractivity contribution in [3.63, 3.8) is 0 Å². The number of hydrogen-bond donors (Lipinski definition) is 1. The zero-order valence-corrected chi connectivity index (χ0v) is 16.9. The molecule has 4 rings (SSSR count). The lowest BCUT2D eigenvalue weighted by atomic mass is 9.91. The van der Waals surface area contributed by atoms with Crippen LogP contribution in [0.1, 0.15) is 49.4 Å². The summed E-state index contributed by atoms with van der Waals surface area (Å²) in [6.45, 7) is 5.76. The first kappa shape index (κ1) is 21.9. The standard InChI is InChI=1S/C19H18F3N5O.C2H6/c20-19(21,22)16-2-1-12(10-26-16)11-27-17-15(24-7-8-25-17)9-14(18(27)28)13-3-5-23-6-4-13;1-2/h1-2,7-10,13,23H,3-6,11H2;1-2H3. The molecule has 160 valence electrons. The first-order valence-corrected chi connectivity index (χ1v) is 10.0. The van der Waals surface area contributed by atoms with Gasteiger partial charge in [0.1, 0.15) is 11.2 Å². The van der Waals surface area contributed by atoms with E-state index in [0.29, 0.717) is 22.3 Å². The van der Waals surface area contributed by atoms with E-state index in [0.717, 1.165) is 38.2 Å². The monoisotopic (exact) mass is 419 g/mol. The van der Waals surface area contributed by atoms with Crippen molar-refractivity contribution in [2.24, 2.45) is 0 Å². The highest BCUT2D eigenvalue weighted by molar-refractivity contribution is 5.70. The number of nitrogens with zero attached hydrogens (tertiary/aromatic N) is 4. The fraction of sp³-hybridized carbons (Fsp3) is 0.429. The van der Waals surface area contributed by atoms with Gasteiger partial charge < -0.3 is 5.32 Å². The molecule has 9 heteroatoms. The summed E-state index contributed by atoms with van der Waals surface area (Å²) in [4.78, 5) is 25.3. The summed E-state index contributed by atoms with van der Waals surface area (Å²) >= 11 is 0. The van der Waals surface area contributed by atoms with E-state index in [-0.39, 0.29) is 18.0 Å². The number of hydrogen-bond acceptors (Lipinski definition) is 5. The Bertz CT molecular complexity index is 1040. The van der Waals surface area contributed by atoms with Gasteiger partial charge >= 0.3 is 6.18 Å². The second-order valence-corrected chi connectivity index (χ2v) is 6.83. The molecule has 0 saturated carbocycles. The first-order chi connectivity index (χ1) is 14.4. The van der Waals surface area contributed by atoms with Gasteiger partial charge in [-0.3, -0.25) is 19.3 Å². The maximum absolute atomic E-state index is 13.2. The summed E-state index contributed by atoms with van der Waals surface area (Å²) in [5, 5.41) is 3.28. The van der Waals surface area contributed by atoms with Crippen LogP contribution in [0.4, 0.5) is 13.2 Å². The van der Waals surface area contributed by atoms with Crippen molar-refractivity contribution in [3.8, 4) is 0 Å². The lowest BCUT2D eigenvalue weighted by molar-refractivity contribution is -0.141. The smallest absolute Gasteiger partial charge is 0.317 e. The molecule has 0 atom stereocenters. The predicted molar refractivity (Wildman–Crippen MR) is 108 cm³/mol. The highest BCUT2D eigenvalue weighted by Crippen LogP contribution is 2.28. The minimum Gasteiger partial charge on any atom is -0.317 e. The molecule has 0 spiro atoms. The number of halogens is 3. The second kappa shape index (κ2) is 9.34. The SMILES string of the molecule is CC.O=c1c(C2CCNCC2)cc2nccnc2n1Cc1ccc(C(F)(F)F)nc1. The number of nitrogens with one attached hydrogen (secondary N) is 1. The second-order valence-electron chi connectivity index (χ2n) is 6.83. The average Bonchev–Trinajstić information content (AvgIpc) is 2.77. The fourth-order valence-electron chi connectivity index (χ4n) is 3.55. The molecule has 0 aromatic carbocycles. The Hall–Kier alpha value is -2.81. The number of alkyl halides is 3. The highest BCUT2D eigenvalue weighted by atomic mass is 19.4. The van der Waals surface area contributed by atoms with Crippen LogP contribution in [0.15, 0.2) is 41.6 Å². The van der Waals surface area contributed by atoms with E-state index >= 15 is 0 Å². The molecule has 1 N–H and O–H groups in total. The van der Waals surface area contributed by atoms with E-state index in [1.165, 1.54) is 16.8 Å².